The third kappa shape index (κ3) is 6.80. The molecule has 0 bridgehead atoms. The summed E-state index contributed by atoms with van der Waals surface area (Å²) < 4.78 is 16.4. The molecule has 0 saturated carbocycles. The molecule has 40 heavy (non-hydrogen) atoms. The number of benzene rings is 3. The van der Waals surface area contributed by atoms with Crippen LogP contribution in [0.3, 0.4) is 0 Å². The minimum absolute atomic E-state index is 0.194. The van der Waals surface area contributed by atoms with E-state index in [0.29, 0.717) is 39.0 Å². The molecule has 11 heteroatoms. The number of hydrogen-bond acceptors (Lipinski definition) is 8. The molecule has 9 nitrogen and oxygen atoms in total. The first-order chi connectivity index (χ1) is 19.2. The highest BCUT2D eigenvalue weighted by atomic mass is 32.2. The maximum Gasteiger partial charge on any atom is 0.285 e. The molecule has 0 atom stereocenters. The van der Waals surface area contributed by atoms with E-state index in [2.05, 4.69) is 10.7 Å². The van der Waals surface area contributed by atoms with Gasteiger partial charge in [0.25, 0.3) is 17.7 Å². The molecule has 3 aromatic carbocycles. The summed E-state index contributed by atoms with van der Waals surface area (Å²) in [6, 6.07) is 17.2. The Morgan fingerprint density at radius 1 is 0.950 bits per heavy atom. The van der Waals surface area contributed by atoms with Crippen LogP contribution in [0.2, 0.25) is 0 Å². The zero-order valence-corrected chi connectivity index (χ0v) is 23.9. The zero-order chi connectivity index (χ0) is 28.8. The number of carbonyl (C=O) groups is 3. The maximum absolute atomic E-state index is 13.0. The second-order valence-corrected chi connectivity index (χ2v) is 10.4. The molecule has 1 heterocycles. The van der Waals surface area contributed by atoms with Crippen molar-refractivity contribution < 1.29 is 28.6 Å². The van der Waals surface area contributed by atoms with Gasteiger partial charge in [-0.05, 0) is 97.4 Å². The van der Waals surface area contributed by atoms with Crippen LogP contribution in [0.5, 0.6) is 17.2 Å². The van der Waals surface area contributed by atoms with Gasteiger partial charge in [-0.3, -0.25) is 19.8 Å². The SMILES string of the molecule is COc1ccc(C(=O)NN2C(=O)/C(=C\c3ccc(OCC(=O)Nc4ccc(C)c(C)c4)c(OC)c3)SC2=S)cc1. The molecule has 1 saturated heterocycles. The highest BCUT2D eigenvalue weighted by Gasteiger charge is 2.34. The first kappa shape index (κ1) is 28.7. The number of thiocarbonyl (C=S) groups is 1. The van der Waals surface area contributed by atoms with Crippen LogP contribution in [0.4, 0.5) is 5.69 Å². The van der Waals surface area contributed by atoms with Crippen molar-refractivity contribution in [2.75, 3.05) is 26.1 Å². The summed E-state index contributed by atoms with van der Waals surface area (Å²) in [6.07, 6.45) is 1.64. The molecule has 2 N–H and O–H groups in total. The summed E-state index contributed by atoms with van der Waals surface area (Å²) in [5.74, 6) is 0.113. The van der Waals surface area contributed by atoms with E-state index in [1.165, 1.54) is 14.2 Å². The van der Waals surface area contributed by atoms with Gasteiger partial charge in [0, 0.05) is 11.3 Å². The largest absolute Gasteiger partial charge is 0.497 e. The van der Waals surface area contributed by atoms with Crippen molar-refractivity contribution in [3.05, 3.63) is 87.8 Å². The Morgan fingerprint density at radius 2 is 1.70 bits per heavy atom. The molecule has 1 aliphatic rings. The Morgan fingerprint density at radius 3 is 2.38 bits per heavy atom. The molecule has 0 aliphatic carbocycles. The predicted molar refractivity (Wildman–Crippen MR) is 159 cm³/mol. The lowest BCUT2D eigenvalue weighted by Gasteiger charge is -2.15. The Bertz CT molecular complexity index is 1500. The van der Waals surface area contributed by atoms with E-state index in [1.54, 1.807) is 48.5 Å². The van der Waals surface area contributed by atoms with Crippen LogP contribution in [0.1, 0.15) is 27.0 Å². The van der Waals surface area contributed by atoms with E-state index >= 15 is 0 Å². The van der Waals surface area contributed by atoms with Crippen molar-refractivity contribution in [3.63, 3.8) is 0 Å². The number of anilines is 1. The average Bonchev–Trinajstić information content (AvgIpc) is 3.21. The van der Waals surface area contributed by atoms with Crippen molar-refractivity contribution >= 4 is 57.8 Å². The number of amides is 3. The Hall–Kier alpha value is -4.35. The molecule has 206 valence electrons. The van der Waals surface area contributed by atoms with E-state index < -0.39 is 11.8 Å². The van der Waals surface area contributed by atoms with Crippen LogP contribution < -0.4 is 25.0 Å². The van der Waals surface area contributed by atoms with Crippen molar-refractivity contribution in [3.8, 4) is 17.2 Å². The van der Waals surface area contributed by atoms with Crippen LogP contribution in [0.15, 0.2) is 65.6 Å². The standard InChI is InChI=1S/C29H27N3O6S2/c1-17-5-9-21(13-18(17)2)30-26(33)16-38-23-12-6-19(14-24(23)37-4)15-25-28(35)32(29(39)40-25)31-27(34)20-7-10-22(36-3)11-8-20/h5-15H,16H2,1-4H3,(H,30,33)(H,31,34)/b25-15+. The molecular weight excluding hydrogens is 550 g/mol. The quantitative estimate of drug-likeness (QED) is 0.274. The molecular formula is C29H27N3O6S2. The predicted octanol–water partition coefficient (Wildman–Crippen LogP) is 4.88. The normalized spacial score (nSPS) is 13.8. The van der Waals surface area contributed by atoms with Crippen LogP contribution >= 0.6 is 24.0 Å². The number of thioether (sulfide) groups is 1. The van der Waals surface area contributed by atoms with E-state index in [0.717, 1.165) is 27.9 Å². The third-order valence-corrected chi connectivity index (χ3v) is 7.30. The summed E-state index contributed by atoms with van der Waals surface area (Å²) in [4.78, 5) is 38.3. The maximum atomic E-state index is 13.0. The molecule has 0 spiro atoms. The molecule has 0 unspecified atom stereocenters. The second-order valence-electron chi connectivity index (χ2n) is 8.73. The van der Waals surface area contributed by atoms with Crippen molar-refractivity contribution in [1.82, 2.24) is 10.4 Å². The van der Waals surface area contributed by atoms with Gasteiger partial charge in [0.15, 0.2) is 22.4 Å². The fourth-order valence-electron chi connectivity index (χ4n) is 3.68. The fourth-order valence-corrected chi connectivity index (χ4v) is 4.86. The molecule has 1 fully saturated rings. The lowest BCUT2D eigenvalue weighted by atomic mass is 10.1. The first-order valence-electron chi connectivity index (χ1n) is 12.1. The Labute approximate surface area is 241 Å². The van der Waals surface area contributed by atoms with Gasteiger partial charge in [0.2, 0.25) is 0 Å². The molecule has 3 amide bonds. The summed E-state index contributed by atoms with van der Waals surface area (Å²) in [5, 5.41) is 3.86. The van der Waals surface area contributed by atoms with Gasteiger partial charge in [0.1, 0.15) is 5.75 Å². The summed E-state index contributed by atoms with van der Waals surface area (Å²) >= 11 is 6.38. The van der Waals surface area contributed by atoms with Gasteiger partial charge in [-0.25, -0.2) is 0 Å². The van der Waals surface area contributed by atoms with Crippen LogP contribution in [-0.4, -0.2) is 47.9 Å². The minimum Gasteiger partial charge on any atom is -0.497 e. The molecule has 1 aliphatic heterocycles. The molecule has 0 radical (unpaired) electrons. The number of hydrogen-bond donors (Lipinski definition) is 2. The number of hydrazine groups is 1. The Kier molecular flexibility index (Phi) is 9.08. The average molecular weight is 578 g/mol. The topological polar surface area (TPSA) is 106 Å². The minimum atomic E-state index is -0.482. The lowest BCUT2D eigenvalue weighted by molar-refractivity contribution is -0.123. The van der Waals surface area contributed by atoms with E-state index in [9.17, 15) is 14.4 Å². The summed E-state index contributed by atoms with van der Waals surface area (Å²) in [5.41, 5.74) is 6.45. The first-order valence-corrected chi connectivity index (χ1v) is 13.3. The van der Waals surface area contributed by atoms with Gasteiger partial charge < -0.3 is 19.5 Å². The molecule has 0 aromatic heterocycles. The number of nitrogens with one attached hydrogen (secondary N) is 2. The summed E-state index contributed by atoms with van der Waals surface area (Å²) in [6.45, 7) is 3.77. The van der Waals surface area contributed by atoms with E-state index in [-0.39, 0.29) is 16.8 Å². The number of methoxy groups -OCH3 is 2. The number of carbonyl (C=O) groups excluding carboxylic acids is 3. The van der Waals surface area contributed by atoms with Gasteiger partial charge in [0.05, 0.1) is 19.1 Å². The monoisotopic (exact) mass is 577 g/mol. The number of rotatable bonds is 9. The highest BCUT2D eigenvalue weighted by Crippen LogP contribution is 2.34. The Balaban J connectivity index is 1.40. The van der Waals surface area contributed by atoms with Crippen molar-refractivity contribution in [1.29, 1.82) is 0 Å². The van der Waals surface area contributed by atoms with Crippen LogP contribution in [0, 0.1) is 13.8 Å². The molecule has 4 rings (SSSR count). The van der Waals surface area contributed by atoms with Crippen LogP contribution in [0.25, 0.3) is 6.08 Å². The van der Waals surface area contributed by atoms with Gasteiger partial charge in [-0.15, -0.1) is 0 Å². The van der Waals surface area contributed by atoms with Crippen molar-refractivity contribution in [2.45, 2.75) is 13.8 Å². The zero-order valence-electron chi connectivity index (χ0n) is 22.3. The van der Waals surface area contributed by atoms with Crippen LogP contribution in [-0.2, 0) is 9.59 Å². The summed E-state index contributed by atoms with van der Waals surface area (Å²) in [7, 11) is 3.01. The van der Waals surface area contributed by atoms with E-state index in [4.69, 9.17) is 26.4 Å². The second kappa shape index (κ2) is 12.7. The van der Waals surface area contributed by atoms with Gasteiger partial charge in [-0.2, -0.15) is 5.01 Å². The van der Waals surface area contributed by atoms with Crippen molar-refractivity contribution in [2.24, 2.45) is 0 Å². The number of nitrogens with zero attached hydrogens (tertiary/aromatic N) is 1. The lowest BCUT2D eigenvalue weighted by Crippen LogP contribution is -2.44. The smallest absolute Gasteiger partial charge is 0.285 e. The number of aryl methyl sites for hydroxylation is 2. The fraction of sp³-hybridized carbons (Fsp3) is 0.172. The van der Waals surface area contributed by atoms with Gasteiger partial charge in [-0.1, -0.05) is 23.9 Å². The third-order valence-electron chi connectivity index (χ3n) is 5.99. The van der Waals surface area contributed by atoms with Gasteiger partial charge >= 0.3 is 0 Å². The van der Waals surface area contributed by atoms with E-state index in [1.807, 2.05) is 32.0 Å². The highest BCUT2D eigenvalue weighted by molar-refractivity contribution is 8.26. The number of ether oxygens (including phenoxy) is 3. The molecule has 3 aromatic rings.